The summed E-state index contributed by atoms with van der Waals surface area (Å²) in [6.07, 6.45) is 3.29. The van der Waals surface area contributed by atoms with Gasteiger partial charge in [0.1, 0.15) is 0 Å². The minimum Gasteiger partial charge on any atom is -0.338 e. The molecule has 1 saturated heterocycles. The second-order valence-corrected chi connectivity index (χ2v) is 6.94. The van der Waals surface area contributed by atoms with E-state index in [4.69, 9.17) is 0 Å². The normalized spacial score (nSPS) is 14.6. The van der Waals surface area contributed by atoms with Crippen LogP contribution in [0.3, 0.4) is 0 Å². The third-order valence-corrected chi connectivity index (χ3v) is 4.96. The number of urea groups is 1. The lowest BCUT2D eigenvalue weighted by Crippen LogP contribution is -2.46. The van der Waals surface area contributed by atoms with E-state index in [1.165, 1.54) is 5.56 Å². The molecule has 1 aliphatic rings. The third kappa shape index (κ3) is 5.84. The van der Waals surface area contributed by atoms with Gasteiger partial charge in [0.2, 0.25) is 5.91 Å². The molecule has 27 heavy (non-hydrogen) atoms. The summed E-state index contributed by atoms with van der Waals surface area (Å²) in [7, 11) is 0. The highest BCUT2D eigenvalue weighted by atomic mass is 16.2. The summed E-state index contributed by atoms with van der Waals surface area (Å²) in [6, 6.07) is 19.8. The molecule has 0 atom stereocenters. The lowest BCUT2D eigenvalue weighted by molar-refractivity contribution is -0.121. The number of amides is 3. The molecule has 3 amide bonds. The number of aryl methyl sites for hydroxylation is 1. The average Bonchev–Trinajstić information content (AvgIpc) is 2.72. The number of hydrogen-bond donors (Lipinski definition) is 2. The van der Waals surface area contributed by atoms with Crippen molar-refractivity contribution in [3.8, 4) is 0 Å². The Morgan fingerprint density at radius 3 is 2.22 bits per heavy atom. The first kappa shape index (κ1) is 19.0. The lowest BCUT2D eigenvalue weighted by Gasteiger charge is -2.31. The molecule has 2 aromatic carbocycles. The van der Waals surface area contributed by atoms with Crippen molar-refractivity contribution < 1.29 is 9.59 Å². The van der Waals surface area contributed by atoms with Crippen molar-refractivity contribution >= 4 is 17.6 Å². The van der Waals surface area contributed by atoms with Gasteiger partial charge < -0.3 is 15.5 Å². The second kappa shape index (κ2) is 9.76. The molecule has 5 heteroatoms. The molecule has 0 spiro atoms. The molecular weight excluding hydrogens is 338 g/mol. The maximum atomic E-state index is 12.4. The molecule has 0 radical (unpaired) electrons. The minimum atomic E-state index is -0.0349. The van der Waals surface area contributed by atoms with Crippen LogP contribution in [-0.2, 0) is 11.2 Å². The number of para-hydroxylation sites is 1. The van der Waals surface area contributed by atoms with Crippen LogP contribution >= 0.6 is 0 Å². The van der Waals surface area contributed by atoms with Gasteiger partial charge in [-0.2, -0.15) is 0 Å². The predicted octanol–water partition coefficient (Wildman–Crippen LogP) is 3.68. The van der Waals surface area contributed by atoms with Gasteiger partial charge in [-0.1, -0.05) is 48.5 Å². The van der Waals surface area contributed by atoms with E-state index in [0.29, 0.717) is 32.5 Å². The number of likely N-dealkylation sites (tertiary alicyclic amines) is 1. The van der Waals surface area contributed by atoms with Gasteiger partial charge in [-0.3, -0.25) is 4.79 Å². The van der Waals surface area contributed by atoms with E-state index in [0.717, 1.165) is 18.5 Å². The number of rotatable bonds is 6. The van der Waals surface area contributed by atoms with Crippen LogP contribution in [0.4, 0.5) is 10.5 Å². The quantitative estimate of drug-likeness (QED) is 0.767. The molecule has 2 aromatic rings. The van der Waals surface area contributed by atoms with Crippen molar-refractivity contribution in [3.63, 3.8) is 0 Å². The highest BCUT2D eigenvalue weighted by Crippen LogP contribution is 2.19. The van der Waals surface area contributed by atoms with Crippen LogP contribution in [0.15, 0.2) is 60.7 Å². The summed E-state index contributed by atoms with van der Waals surface area (Å²) in [6.45, 7) is 1.91. The fraction of sp³-hybridized carbons (Fsp3) is 0.364. The summed E-state index contributed by atoms with van der Waals surface area (Å²) in [5.41, 5.74) is 2.11. The molecule has 1 heterocycles. The van der Waals surface area contributed by atoms with Crippen molar-refractivity contribution in [2.75, 3.05) is 25.0 Å². The summed E-state index contributed by atoms with van der Waals surface area (Å²) >= 11 is 0. The van der Waals surface area contributed by atoms with Gasteiger partial charge in [0.15, 0.2) is 0 Å². The van der Waals surface area contributed by atoms with Crippen molar-refractivity contribution in [3.05, 3.63) is 66.2 Å². The van der Waals surface area contributed by atoms with Crippen LogP contribution in [0, 0.1) is 5.92 Å². The number of hydrogen-bond acceptors (Lipinski definition) is 2. The Hall–Kier alpha value is -2.82. The van der Waals surface area contributed by atoms with Crippen LogP contribution < -0.4 is 10.6 Å². The second-order valence-electron chi connectivity index (χ2n) is 6.94. The number of carbonyl (C=O) groups excluding carboxylic acids is 2. The molecule has 2 N–H and O–H groups in total. The van der Waals surface area contributed by atoms with Gasteiger partial charge in [0.05, 0.1) is 0 Å². The topological polar surface area (TPSA) is 61.4 Å². The Labute approximate surface area is 160 Å². The van der Waals surface area contributed by atoms with E-state index in [1.807, 2.05) is 53.4 Å². The average molecular weight is 365 g/mol. The van der Waals surface area contributed by atoms with Crippen molar-refractivity contribution in [2.45, 2.75) is 25.7 Å². The fourth-order valence-electron chi connectivity index (χ4n) is 3.35. The monoisotopic (exact) mass is 365 g/mol. The Morgan fingerprint density at radius 1 is 0.926 bits per heavy atom. The van der Waals surface area contributed by atoms with Crippen LogP contribution in [0.5, 0.6) is 0 Å². The van der Waals surface area contributed by atoms with Crippen LogP contribution in [0.25, 0.3) is 0 Å². The molecule has 142 valence electrons. The number of benzene rings is 2. The molecular formula is C22H27N3O2. The number of carbonyl (C=O) groups is 2. The molecule has 1 aliphatic heterocycles. The van der Waals surface area contributed by atoms with E-state index < -0.39 is 0 Å². The third-order valence-electron chi connectivity index (χ3n) is 4.96. The van der Waals surface area contributed by atoms with E-state index in [1.54, 1.807) is 0 Å². The Balaban J connectivity index is 1.34. The summed E-state index contributed by atoms with van der Waals surface area (Å²) in [5, 5.41) is 5.95. The van der Waals surface area contributed by atoms with Crippen molar-refractivity contribution in [2.24, 2.45) is 5.92 Å². The Bertz CT molecular complexity index is 726. The van der Waals surface area contributed by atoms with E-state index in [-0.39, 0.29) is 17.9 Å². The molecule has 5 nitrogen and oxygen atoms in total. The number of nitrogens with one attached hydrogen (secondary N) is 2. The van der Waals surface area contributed by atoms with Crippen LogP contribution in [0.2, 0.25) is 0 Å². The highest BCUT2D eigenvalue weighted by molar-refractivity contribution is 5.92. The zero-order valence-corrected chi connectivity index (χ0v) is 15.6. The first-order valence-electron chi connectivity index (χ1n) is 9.65. The summed E-state index contributed by atoms with van der Waals surface area (Å²) < 4.78 is 0. The number of anilines is 1. The standard InChI is InChI=1S/C22H27N3O2/c26-21(24-20-11-5-2-6-12-20)19-13-16-25(17-14-19)22(27)23-15-7-10-18-8-3-1-4-9-18/h1-6,8-9,11-12,19H,7,10,13-17H2,(H,23,27)(H,24,26). The first-order chi connectivity index (χ1) is 13.2. The molecule has 1 fully saturated rings. The van der Waals surface area contributed by atoms with Gasteiger partial charge in [0.25, 0.3) is 0 Å². The Kier molecular flexibility index (Phi) is 6.85. The van der Waals surface area contributed by atoms with E-state index >= 15 is 0 Å². The van der Waals surface area contributed by atoms with E-state index in [9.17, 15) is 9.59 Å². The summed E-state index contributed by atoms with van der Waals surface area (Å²) in [4.78, 5) is 26.5. The molecule has 0 unspecified atom stereocenters. The molecule has 3 rings (SSSR count). The highest BCUT2D eigenvalue weighted by Gasteiger charge is 2.27. The number of piperidine rings is 1. The van der Waals surface area contributed by atoms with Crippen LogP contribution in [-0.4, -0.2) is 36.5 Å². The van der Waals surface area contributed by atoms with Crippen LogP contribution in [0.1, 0.15) is 24.8 Å². The van der Waals surface area contributed by atoms with E-state index in [2.05, 4.69) is 22.8 Å². The number of nitrogens with zero attached hydrogens (tertiary/aromatic N) is 1. The van der Waals surface area contributed by atoms with Gasteiger partial charge in [-0.05, 0) is 43.4 Å². The maximum absolute atomic E-state index is 12.4. The minimum absolute atomic E-state index is 0.0232. The molecule has 0 aromatic heterocycles. The van der Waals surface area contributed by atoms with Crippen molar-refractivity contribution in [1.82, 2.24) is 10.2 Å². The first-order valence-corrected chi connectivity index (χ1v) is 9.65. The maximum Gasteiger partial charge on any atom is 0.317 e. The van der Waals surface area contributed by atoms with Gasteiger partial charge in [-0.25, -0.2) is 4.79 Å². The van der Waals surface area contributed by atoms with Gasteiger partial charge in [0, 0.05) is 31.2 Å². The fourth-order valence-corrected chi connectivity index (χ4v) is 3.35. The van der Waals surface area contributed by atoms with Crippen molar-refractivity contribution in [1.29, 1.82) is 0 Å². The summed E-state index contributed by atoms with van der Waals surface area (Å²) in [5.74, 6) is 0.0106. The lowest BCUT2D eigenvalue weighted by atomic mass is 9.96. The largest absolute Gasteiger partial charge is 0.338 e. The predicted molar refractivity (Wildman–Crippen MR) is 108 cm³/mol. The molecule has 0 aliphatic carbocycles. The Morgan fingerprint density at radius 2 is 1.56 bits per heavy atom. The zero-order chi connectivity index (χ0) is 18.9. The SMILES string of the molecule is O=C(Nc1ccccc1)C1CCN(C(=O)NCCCc2ccccc2)CC1. The molecule has 0 saturated carbocycles. The zero-order valence-electron chi connectivity index (χ0n) is 15.6. The van der Waals surface area contributed by atoms with Gasteiger partial charge in [-0.15, -0.1) is 0 Å². The molecule has 0 bridgehead atoms. The van der Waals surface area contributed by atoms with Gasteiger partial charge >= 0.3 is 6.03 Å². The smallest absolute Gasteiger partial charge is 0.317 e.